The predicted octanol–water partition coefficient (Wildman–Crippen LogP) is 4.02. The SMILES string of the molecule is CNC(=O)C(Cc1ccccc1)N(Cc1c(Cl)cccc1Cl)C(=O)CCN1C(=O)[C@H]2CC=CC[C@H]2C1=O. The number of rotatable bonds is 9. The van der Waals surface area contributed by atoms with Gasteiger partial charge in [-0.1, -0.05) is 71.8 Å². The van der Waals surface area contributed by atoms with Crippen molar-refractivity contribution in [2.45, 2.75) is 38.3 Å². The van der Waals surface area contributed by atoms with Crippen molar-refractivity contribution in [3.8, 4) is 0 Å². The molecule has 0 spiro atoms. The number of amides is 4. The van der Waals surface area contributed by atoms with Crippen LogP contribution in [0.3, 0.4) is 0 Å². The monoisotopic (exact) mass is 541 g/mol. The molecule has 0 bridgehead atoms. The van der Waals surface area contributed by atoms with Crippen LogP contribution in [0.4, 0.5) is 0 Å². The molecule has 2 aliphatic rings. The van der Waals surface area contributed by atoms with Gasteiger partial charge < -0.3 is 10.2 Å². The lowest BCUT2D eigenvalue weighted by molar-refractivity contribution is -0.144. The maximum absolute atomic E-state index is 13.7. The highest BCUT2D eigenvalue weighted by Crippen LogP contribution is 2.35. The van der Waals surface area contributed by atoms with Crippen molar-refractivity contribution in [1.82, 2.24) is 15.1 Å². The first-order chi connectivity index (χ1) is 17.8. The van der Waals surface area contributed by atoms with Gasteiger partial charge in [0, 0.05) is 48.6 Å². The molecule has 1 N–H and O–H groups in total. The molecule has 1 aliphatic heterocycles. The van der Waals surface area contributed by atoms with Gasteiger partial charge in [-0.25, -0.2) is 0 Å². The average Bonchev–Trinajstić information content (AvgIpc) is 3.15. The van der Waals surface area contributed by atoms with Crippen molar-refractivity contribution in [1.29, 1.82) is 0 Å². The summed E-state index contributed by atoms with van der Waals surface area (Å²) >= 11 is 12.8. The van der Waals surface area contributed by atoms with Crippen LogP contribution in [0.2, 0.25) is 10.0 Å². The number of allylic oxidation sites excluding steroid dienone is 2. The Hall–Kier alpha value is -3.16. The topological polar surface area (TPSA) is 86.8 Å². The molecule has 1 aliphatic carbocycles. The van der Waals surface area contributed by atoms with Gasteiger partial charge in [-0.2, -0.15) is 0 Å². The van der Waals surface area contributed by atoms with Gasteiger partial charge in [-0.3, -0.25) is 24.1 Å². The molecule has 2 aromatic rings. The molecule has 9 heteroatoms. The first-order valence-corrected chi connectivity index (χ1v) is 13.1. The van der Waals surface area contributed by atoms with E-state index < -0.39 is 6.04 Å². The van der Waals surface area contributed by atoms with E-state index in [4.69, 9.17) is 23.2 Å². The largest absolute Gasteiger partial charge is 0.357 e. The van der Waals surface area contributed by atoms with E-state index in [2.05, 4.69) is 5.32 Å². The third-order valence-electron chi connectivity index (χ3n) is 7.06. The van der Waals surface area contributed by atoms with Gasteiger partial charge in [0.05, 0.1) is 11.8 Å². The summed E-state index contributed by atoms with van der Waals surface area (Å²) in [4.78, 5) is 55.2. The first kappa shape index (κ1) is 26.9. The van der Waals surface area contributed by atoms with Crippen molar-refractivity contribution in [2.24, 2.45) is 11.8 Å². The van der Waals surface area contributed by atoms with Crippen molar-refractivity contribution >= 4 is 46.8 Å². The Labute approximate surface area is 226 Å². The zero-order chi connectivity index (χ0) is 26.5. The molecule has 4 rings (SSSR count). The van der Waals surface area contributed by atoms with Crippen LogP contribution in [0.5, 0.6) is 0 Å². The Balaban J connectivity index is 1.59. The zero-order valence-corrected chi connectivity index (χ0v) is 22.0. The number of carbonyl (C=O) groups is 4. The van der Waals surface area contributed by atoms with Crippen LogP contribution in [0.1, 0.15) is 30.4 Å². The van der Waals surface area contributed by atoms with Crippen molar-refractivity contribution in [2.75, 3.05) is 13.6 Å². The number of imide groups is 1. The molecule has 1 fully saturated rings. The second-order valence-corrected chi connectivity index (χ2v) is 10.1. The number of nitrogens with zero attached hydrogens (tertiary/aromatic N) is 2. The molecule has 1 unspecified atom stereocenters. The maximum Gasteiger partial charge on any atom is 0.242 e. The third kappa shape index (κ3) is 5.89. The van der Waals surface area contributed by atoms with Crippen molar-refractivity contribution < 1.29 is 19.2 Å². The van der Waals surface area contributed by atoms with Crippen LogP contribution >= 0.6 is 23.2 Å². The fourth-order valence-corrected chi connectivity index (χ4v) is 5.53. The first-order valence-electron chi connectivity index (χ1n) is 12.3. The highest BCUT2D eigenvalue weighted by atomic mass is 35.5. The number of fused-ring (bicyclic) bond motifs is 1. The lowest BCUT2D eigenvalue weighted by atomic mass is 9.85. The van der Waals surface area contributed by atoms with E-state index in [1.807, 2.05) is 42.5 Å². The molecule has 0 radical (unpaired) electrons. The summed E-state index contributed by atoms with van der Waals surface area (Å²) < 4.78 is 0. The lowest BCUT2D eigenvalue weighted by Gasteiger charge is -2.32. The Morgan fingerprint density at radius 3 is 2.14 bits per heavy atom. The van der Waals surface area contributed by atoms with E-state index >= 15 is 0 Å². The summed E-state index contributed by atoms with van der Waals surface area (Å²) in [6.45, 7) is -0.0403. The van der Waals surface area contributed by atoms with Gasteiger partial charge in [0.25, 0.3) is 0 Å². The molecule has 1 saturated heterocycles. The standard InChI is InChI=1S/C28H29Cl2N3O4/c1-31-26(35)24(16-18-8-3-2-4-9-18)33(17-21-22(29)12-7-13-23(21)30)25(34)14-15-32-27(36)19-10-5-6-11-20(19)28(32)37/h2-9,12-13,19-20,24H,10-11,14-17H2,1H3,(H,31,35)/t19-,20+,24?. The maximum atomic E-state index is 13.7. The van der Waals surface area contributed by atoms with Gasteiger partial charge in [0.1, 0.15) is 6.04 Å². The van der Waals surface area contributed by atoms with E-state index in [0.29, 0.717) is 28.5 Å². The molecule has 1 heterocycles. The number of likely N-dealkylation sites (N-methyl/N-ethyl adjacent to an activating group) is 1. The zero-order valence-electron chi connectivity index (χ0n) is 20.5. The summed E-state index contributed by atoms with van der Waals surface area (Å²) in [5.41, 5.74) is 1.40. The van der Waals surface area contributed by atoms with Gasteiger partial charge >= 0.3 is 0 Å². The van der Waals surface area contributed by atoms with Gasteiger partial charge in [0.2, 0.25) is 23.6 Å². The van der Waals surface area contributed by atoms with E-state index in [1.54, 1.807) is 18.2 Å². The van der Waals surface area contributed by atoms with E-state index in [9.17, 15) is 19.2 Å². The number of hydrogen-bond acceptors (Lipinski definition) is 4. The van der Waals surface area contributed by atoms with Crippen LogP contribution in [0.25, 0.3) is 0 Å². The van der Waals surface area contributed by atoms with E-state index in [-0.39, 0.29) is 61.4 Å². The van der Waals surface area contributed by atoms with Crippen LogP contribution in [-0.4, -0.2) is 53.1 Å². The van der Waals surface area contributed by atoms with Gasteiger partial charge in [-0.05, 0) is 30.5 Å². The Kier molecular flexibility index (Phi) is 8.67. The molecular formula is C28H29Cl2N3O4. The second-order valence-electron chi connectivity index (χ2n) is 9.28. The molecule has 2 aromatic carbocycles. The highest BCUT2D eigenvalue weighted by Gasteiger charge is 2.47. The van der Waals surface area contributed by atoms with Crippen molar-refractivity contribution in [3.05, 3.63) is 81.9 Å². The molecule has 37 heavy (non-hydrogen) atoms. The molecule has 0 saturated carbocycles. The van der Waals surface area contributed by atoms with Crippen molar-refractivity contribution in [3.63, 3.8) is 0 Å². The summed E-state index contributed by atoms with van der Waals surface area (Å²) in [5, 5.41) is 3.41. The number of benzene rings is 2. The number of likely N-dealkylation sites (tertiary alicyclic amines) is 1. The average molecular weight is 542 g/mol. The fraction of sp³-hybridized carbons (Fsp3) is 0.357. The number of carbonyl (C=O) groups excluding carboxylic acids is 4. The summed E-state index contributed by atoms with van der Waals surface area (Å²) in [6.07, 6.45) is 5.07. The normalized spacial score (nSPS) is 19.5. The molecule has 7 nitrogen and oxygen atoms in total. The number of hydrogen-bond donors (Lipinski definition) is 1. The summed E-state index contributed by atoms with van der Waals surface area (Å²) in [7, 11) is 1.52. The summed E-state index contributed by atoms with van der Waals surface area (Å²) in [6, 6.07) is 13.6. The van der Waals surface area contributed by atoms with Gasteiger partial charge in [0.15, 0.2) is 0 Å². The van der Waals surface area contributed by atoms with Crippen LogP contribution < -0.4 is 5.32 Å². The summed E-state index contributed by atoms with van der Waals surface area (Å²) in [5.74, 6) is -1.91. The van der Waals surface area contributed by atoms with Crippen LogP contribution in [-0.2, 0) is 32.1 Å². The predicted molar refractivity (Wildman–Crippen MR) is 142 cm³/mol. The minimum Gasteiger partial charge on any atom is -0.357 e. The minimum absolute atomic E-state index is 0.000672. The van der Waals surface area contributed by atoms with E-state index in [0.717, 1.165) is 5.56 Å². The van der Waals surface area contributed by atoms with Crippen LogP contribution in [0.15, 0.2) is 60.7 Å². The fourth-order valence-electron chi connectivity index (χ4n) is 5.01. The Morgan fingerprint density at radius 2 is 1.57 bits per heavy atom. The third-order valence-corrected chi connectivity index (χ3v) is 7.76. The Morgan fingerprint density at radius 1 is 0.973 bits per heavy atom. The molecule has 0 aromatic heterocycles. The quantitative estimate of drug-likeness (QED) is 0.383. The lowest BCUT2D eigenvalue weighted by Crippen LogP contribution is -2.50. The smallest absolute Gasteiger partial charge is 0.242 e. The van der Waals surface area contributed by atoms with Crippen LogP contribution in [0, 0.1) is 11.8 Å². The van der Waals surface area contributed by atoms with E-state index in [1.165, 1.54) is 16.8 Å². The molecule has 3 atom stereocenters. The molecular weight excluding hydrogens is 513 g/mol. The second kappa shape index (κ2) is 11.9. The minimum atomic E-state index is -0.857. The number of halogens is 2. The molecule has 194 valence electrons. The molecule has 4 amide bonds. The number of nitrogens with one attached hydrogen (secondary N) is 1. The van der Waals surface area contributed by atoms with Gasteiger partial charge in [-0.15, -0.1) is 0 Å². The Bertz CT molecular complexity index is 1170. The highest BCUT2D eigenvalue weighted by molar-refractivity contribution is 6.36.